The number of carbonyl (C=O) groups excluding carboxylic acids is 1. The van der Waals surface area contributed by atoms with Gasteiger partial charge in [-0.05, 0) is 30.2 Å². The summed E-state index contributed by atoms with van der Waals surface area (Å²) in [6, 6.07) is 17.2. The van der Waals surface area contributed by atoms with Crippen molar-refractivity contribution in [3.63, 3.8) is 0 Å². The maximum atomic E-state index is 13.1. The van der Waals surface area contributed by atoms with Crippen LogP contribution < -0.4 is 11.0 Å². The number of aryl methyl sites for hydroxylation is 1. The molecule has 2 aromatic carbocycles. The molecule has 0 spiro atoms. The summed E-state index contributed by atoms with van der Waals surface area (Å²) in [5, 5.41) is 4.49. The molecule has 0 unspecified atom stereocenters. The largest absolute Gasteiger partial charge is 0.289 e. The standard InChI is InChI=1S/C22H17BrN4O2S/c1-14-19(16-5-3-2-4-6-16)20-21(30-14)24-13-27(22(20)29)12-18(28)26-25-11-15-7-9-17(23)10-8-15/h2-11,13H,12H2,1H3,(H,26,28). The first kappa shape index (κ1) is 20.2. The van der Waals surface area contributed by atoms with Crippen molar-refractivity contribution in [2.45, 2.75) is 13.5 Å². The number of nitrogens with one attached hydrogen (secondary N) is 1. The van der Waals surface area contributed by atoms with Gasteiger partial charge in [-0.2, -0.15) is 5.10 Å². The SMILES string of the molecule is Cc1sc2ncn(CC(=O)NN=Cc3ccc(Br)cc3)c(=O)c2c1-c1ccccc1. The Hall–Kier alpha value is -3.10. The van der Waals surface area contributed by atoms with E-state index in [-0.39, 0.29) is 12.1 Å². The van der Waals surface area contributed by atoms with Crippen LogP contribution in [0.3, 0.4) is 0 Å². The van der Waals surface area contributed by atoms with Gasteiger partial charge < -0.3 is 0 Å². The second-order valence-corrected chi connectivity index (χ2v) is 8.72. The van der Waals surface area contributed by atoms with E-state index in [1.807, 2.05) is 61.5 Å². The number of benzene rings is 2. The summed E-state index contributed by atoms with van der Waals surface area (Å²) in [6.07, 6.45) is 2.96. The topological polar surface area (TPSA) is 76.3 Å². The van der Waals surface area contributed by atoms with Crippen LogP contribution in [0.5, 0.6) is 0 Å². The lowest BCUT2D eigenvalue weighted by molar-refractivity contribution is -0.121. The Kier molecular flexibility index (Phi) is 5.87. The fourth-order valence-corrected chi connectivity index (χ4v) is 4.39. The van der Waals surface area contributed by atoms with E-state index in [0.29, 0.717) is 10.2 Å². The molecule has 2 heterocycles. The highest BCUT2D eigenvalue weighted by Gasteiger charge is 2.17. The van der Waals surface area contributed by atoms with Crippen molar-refractivity contribution in [2.75, 3.05) is 0 Å². The minimum atomic E-state index is -0.403. The van der Waals surface area contributed by atoms with E-state index in [1.165, 1.54) is 22.2 Å². The minimum absolute atomic E-state index is 0.164. The van der Waals surface area contributed by atoms with Gasteiger partial charge in [0.1, 0.15) is 11.4 Å². The molecule has 2 aromatic heterocycles. The number of aromatic nitrogens is 2. The van der Waals surface area contributed by atoms with Crippen LogP contribution in [0.15, 0.2) is 75.3 Å². The Balaban J connectivity index is 1.57. The van der Waals surface area contributed by atoms with Crippen molar-refractivity contribution in [2.24, 2.45) is 5.10 Å². The van der Waals surface area contributed by atoms with Gasteiger partial charge in [0, 0.05) is 14.9 Å². The number of hydrogen-bond acceptors (Lipinski definition) is 5. The number of hydrazone groups is 1. The monoisotopic (exact) mass is 480 g/mol. The molecule has 8 heteroatoms. The lowest BCUT2D eigenvalue weighted by Gasteiger charge is -2.06. The molecule has 0 atom stereocenters. The Bertz CT molecular complexity index is 1290. The second kappa shape index (κ2) is 8.73. The third kappa shape index (κ3) is 4.24. The maximum Gasteiger partial charge on any atom is 0.263 e. The molecule has 0 radical (unpaired) electrons. The van der Waals surface area contributed by atoms with Gasteiger partial charge in [-0.25, -0.2) is 10.4 Å². The van der Waals surface area contributed by atoms with E-state index in [2.05, 4.69) is 31.4 Å². The van der Waals surface area contributed by atoms with Crippen molar-refractivity contribution in [3.8, 4) is 11.1 Å². The Labute approximate surface area is 185 Å². The first-order valence-electron chi connectivity index (χ1n) is 9.14. The number of halogens is 1. The minimum Gasteiger partial charge on any atom is -0.289 e. The van der Waals surface area contributed by atoms with Gasteiger partial charge in [0.05, 0.1) is 17.9 Å². The molecular formula is C22H17BrN4O2S. The fraction of sp³-hybridized carbons (Fsp3) is 0.0909. The van der Waals surface area contributed by atoms with Gasteiger partial charge in [-0.3, -0.25) is 14.2 Å². The number of rotatable bonds is 5. The summed E-state index contributed by atoms with van der Waals surface area (Å²) in [6.45, 7) is 1.81. The maximum absolute atomic E-state index is 13.1. The van der Waals surface area contributed by atoms with Crippen LogP contribution >= 0.6 is 27.3 Å². The van der Waals surface area contributed by atoms with Crippen LogP contribution in [0.25, 0.3) is 21.3 Å². The Morgan fingerprint density at radius 1 is 1.20 bits per heavy atom. The van der Waals surface area contributed by atoms with Crippen molar-refractivity contribution in [3.05, 3.63) is 86.2 Å². The summed E-state index contributed by atoms with van der Waals surface area (Å²) in [5.41, 5.74) is 4.89. The zero-order valence-electron chi connectivity index (χ0n) is 16.0. The van der Waals surface area contributed by atoms with E-state index in [0.717, 1.165) is 26.0 Å². The molecule has 4 rings (SSSR count). The highest BCUT2D eigenvalue weighted by Crippen LogP contribution is 2.35. The molecule has 0 saturated heterocycles. The van der Waals surface area contributed by atoms with Crippen LogP contribution in [0, 0.1) is 6.92 Å². The van der Waals surface area contributed by atoms with Crippen LogP contribution in [0.4, 0.5) is 0 Å². The molecule has 6 nitrogen and oxygen atoms in total. The summed E-state index contributed by atoms with van der Waals surface area (Å²) in [4.78, 5) is 31.5. The molecule has 1 N–H and O–H groups in total. The third-order valence-corrected chi connectivity index (χ3v) is 6.05. The molecule has 30 heavy (non-hydrogen) atoms. The van der Waals surface area contributed by atoms with Crippen molar-refractivity contribution in [1.82, 2.24) is 15.0 Å². The number of hydrogen-bond donors (Lipinski definition) is 1. The smallest absolute Gasteiger partial charge is 0.263 e. The molecule has 0 bridgehead atoms. The normalized spacial score (nSPS) is 11.3. The number of amides is 1. The summed E-state index contributed by atoms with van der Waals surface area (Å²) < 4.78 is 2.27. The highest BCUT2D eigenvalue weighted by atomic mass is 79.9. The average molecular weight is 481 g/mol. The summed E-state index contributed by atoms with van der Waals surface area (Å²) in [7, 11) is 0. The zero-order chi connectivity index (χ0) is 21.1. The van der Waals surface area contributed by atoms with E-state index < -0.39 is 5.91 Å². The van der Waals surface area contributed by atoms with Crippen molar-refractivity contribution >= 4 is 49.6 Å². The number of fused-ring (bicyclic) bond motifs is 1. The lowest BCUT2D eigenvalue weighted by atomic mass is 10.0. The van der Waals surface area contributed by atoms with Gasteiger partial charge >= 0.3 is 0 Å². The fourth-order valence-electron chi connectivity index (χ4n) is 3.12. The number of thiophene rings is 1. The van der Waals surface area contributed by atoms with Gasteiger partial charge in [0.25, 0.3) is 11.5 Å². The second-order valence-electron chi connectivity index (χ2n) is 6.60. The van der Waals surface area contributed by atoms with Crippen molar-refractivity contribution in [1.29, 1.82) is 0 Å². The molecule has 0 aliphatic carbocycles. The molecule has 0 saturated carbocycles. The first-order chi connectivity index (χ1) is 14.5. The van der Waals surface area contributed by atoms with Crippen LogP contribution in [-0.2, 0) is 11.3 Å². The average Bonchev–Trinajstić information content (AvgIpc) is 3.09. The molecule has 0 aliphatic heterocycles. The lowest BCUT2D eigenvalue weighted by Crippen LogP contribution is -2.30. The van der Waals surface area contributed by atoms with Gasteiger partial charge in [0.15, 0.2) is 0 Å². The molecule has 1 amide bonds. The van der Waals surface area contributed by atoms with Gasteiger partial charge in [0.2, 0.25) is 0 Å². The van der Waals surface area contributed by atoms with E-state index in [1.54, 1.807) is 6.21 Å². The first-order valence-corrected chi connectivity index (χ1v) is 10.8. The number of nitrogens with zero attached hydrogens (tertiary/aromatic N) is 3. The quantitative estimate of drug-likeness (QED) is 0.340. The number of carbonyl (C=O) groups is 1. The summed E-state index contributed by atoms with van der Waals surface area (Å²) >= 11 is 4.84. The molecule has 150 valence electrons. The molecular weight excluding hydrogens is 464 g/mol. The predicted molar refractivity (Wildman–Crippen MR) is 124 cm³/mol. The van der Waals surface area contributed by atoms with Crippen LogP contribution in [0.2, 0.25) is 0 Å². The Morgan fingerprint density at radius 2 is 1.93 bits per heavy atom. The predicted octanol–water partition coefficient (Wildman–Crippen LogP) is 4.35. The van der Waals surface area contributed by atoms with Crippen LogP contribution in [-0.4, -0.2) is 21.7 Å². The Morgan fingerprint density at radius 3 is 2.67 bits per heavy atom. The molecule has 0 fully saturated rings. The van der Waals surface area contributed by atoms with Crippen molar-refractivity contribution < 1.29 is 4.79 Å². The van der Waals surface area contributed by atoms with Crippen LogP contribution in [0.1, 0.15) is 10.4 Å². The van der Waals surface area contributed by atoms with E-state index in [9.17, 15) is 9.59 Å². The van der Waals surface area contributed by atoms with Gasteiger partial charge in [-0.1, -0.05) is 58.4 Å². The zero-order valence-corrected chi connectivity index (χ0v) is 18.4. The third-order valence-electron chi connectivity index (χ3n) is 4.50. The molecule has 0 aliphatic rings. The summed E-state index contributed by atoms with van der Waals surface area (Å²) in [5.74, 6) is -0.403. The molecule has 4 aromatic rings. The van der Waals surface area contributed by atoms with E-state index in [4.69, 9.17) is 0 Å². The van der Waals surface area contributed by atoms with E-state index >= 15 is 0 Å². The highest BCUT2D eigenvalue weighted by molar-refractivity contribution is 9.10. The van der Waals surface area contributed by atoms with Gasteiger partial charge in [-0.15, -0.1) is 11.3 Å².